The van der Waals surface area contributed by atoms with E-state index < -0.39 is 0 Å². The van der Waals surface area contributed by atoms with Gasteiger partial charge in [0.15, 0.2) is 0 Å². The maximum absolute atomic E-state index is 13.3. The number of aryl methyl sites for hydroxylation is 1. The van der Waals surface area contributed by atoms with Crippen molar-refractivity contribution >= 4 is 11.6 Å². The van der Waals surface area contributed by atoms with Crippen molar-refractivity contribution in [3.8, 4) is 17.4 Å². The smallest absolute Gasteiger partial charge is 0.230 e. The molecule has 7 nitrogen and oxygen atoms in total. The Balaban J connectivity index is 1.14. The van der Waals surface area contributed by atoms with E-state index >= 15 is 0 Å². The van der Waals surface area contributed by atoms with Crippen molar-refractivity contribution < 1.29 is 9.53 Å². The fraction of sp³-hybridized carbons (Fsp3) is 0.462. The molecule has 4 aliphatic rings. The zero-order chi connectivity index (χ0) is 22.6. The summed E-state index contributed by atoms with van der Waals surface area (Å²) in [7, 11) is 0. The topological polar surface area (TPSA) is 81.9 Å². The van der Waals surface area contributed by atoms with E-state index in [-0.39, 0.29) is 11.3 Å². The molecule has 4 bridgehead atoms. The molecule has 2 aromatic heterocycles. The number of benzene rings is 1. The summed E-state index contributed by atoms with van der Waals surface area (Å²) >= 11 is 0. The van der Waals surface area contributed by atoms with Crippen LogP contribution >= 0.6 is 0 Å². The Morgan fingerprint density at radius 3 is 2.27 bits per heavy atom. The first-order valence-electron chi connectivity index (χ1n) is 11.9. The van der Waals surface area contributed by atoms with E-state index in [2.05, 4.69) is 20.3 Å². The van der Waals surface area contributed by atoms with Gasteiger partial charge in [-0.2, -0.15) is 0 Å². The van der Waals surface area contributed by atoms with Gasteiger partial charge in [-0.3, -0.25) is 9.36 Å². The second-order valence-electron chi connectivity index (χ2n) is 10.3. The number of anilines is 1. The summed E-state index contributed by atoms with van der Waals surface area (Å²) in [6.07, 6.45) is 10.4. The van der Waals surface area contributed by atoms with Gasteiger partial charge >= 0.3 is 0 Å². The van der Waals surface area contributed by atoms with Gasteiger partial charge < -0.3 is 10.1 Å². The fourth-order valence-electron chi connectivity index (χ4n) is 6.63. The first kappa shape index (κ1) is 20.4. The Morgan fingerprint density at radius 2 is 1.67 bits per heavy atom. The van der Waals surface area contributed by atoms with E-state index in [1.807, 2.05) is 42.7 Å². The molecule has 0 radical (unpaired) electrons. The largest absolute Gasteiger partial charge is 0.439 e. The van der Waals surface area contributed by atoms with E-state index in [1.165, 1.54) is 25.6 Å². The lowest BCUT2D eigenvalue weighted by atomic mass is 9.49. The molecule has 0 unspecified atom stereocenters. The number of imidazole rings is 1. The number of nitrogens with one attached hydrogen (secondary N) is 1. The average molecular weight is 444 g/mol. The minimum absolute atomic E-state index is 0.148. The van der Waals surface area contributed by atoms with Gasteiger partial charge in [0.25, 0.3) is 0 Å². The first-order valence-corrected chi connectivity index (χ1v) is 11.9. The Labute approximate surface area is 193 Å². The summed E-state index contributed by atoms with van der Waals surface area (Å²) in [6.45, 7) is 3.97. The number of rotatable bonds is 5. The van der Waals surface area contributed by atoms with Crippen molar-refractivity contribution in [2.24, 2.45) is 23.2 Å². The SMILES string of the molecule is Cc1ncn(-c2cc(Oc3ccc(NC(=O)C45CC6CC(CC(C6)C4)C5)cc3)ncn2)c1C. The molecule has 0 spiro atoms. The summed E-state index contributed by atoms with van der Waals surface area (Å²) < 4.78 is 7.86. The molecular weight excluding hydrogens is 414 g/mol. The molecule has 170 valence electrons. The monoisotopic (exact) mass is 443 g/mol. The van der Waals surface area contributed by atoms with Crippen molar-refractivity contribution in [3.05, 3.63) is 54.4 Å². The van der Waals surface area contributed by atoms with Crippen molar-refractivity contribution in [3.63, 3.8) is 0 Å². The molecule has 3 aromatic rings. The highest BCUT2D eigenvalue weighted by Gasteiger charge is 2.54. The van der Waals surface area contributed by atoms with Gasteiger partial charge in [0.1, 0.15) is 24.2 Å². The highest BCUT2D eigenvalue weighted by molar-refractivity contribution is 5.95. The van der Waals surface area contributed by atoms with Crippen LogP contribution in [0.4, 0.5) is 5.69 Å². The zero-order valence-corrected chi connectivity index (χ0v) is 19.1. The Kier molecular flexibility index (Phi) is 4.75. The highest BCUT2D eigenvalue weighted by atomic mass is 16.5. The molecular formula is C26H29N5O2. The van der Waals surface area contributed by atoms with E-state index in [1.54, 1.807) is 12.4 Å². The normalized spacial score (nSPS) is 27.5. The summed E-state index contributed by atoms with van der Waals surface area (Å²) in [5.41, 5.74) is 2.66. The maximum atomic E-state index is 13.3. The second kappa shape index (κ2) is 7.68. The molecule has 1 aromatic carbocycles. The maximum Gasteiger partial charge on any atom is 0.230 e. The van der Waals surface area contributed by atoms with Crippen LogP contribution in [-0.2, 0) is 4.79 Å². The van der Waals surface area contributed by atoms with Crippen LogP contribution in [-0.4, -0.2) is 25.4 Å². The lowest BCUT2D eigenvalue weighted by Gasteiger charge is -2.55. The minimum atomic E-state index is -0.148. The number of aromatic nitrogens is 4. The number of ether oxygens (including phenoxy) is 1. The summed E-state index contributed by atoms with van der Waals surface area (Å²) in [5, 5.41) is 3.20. The first-order chi connectivity index (χ1) is 16.0. The molecule has 0 atom stereocenters. The van der Waals surface area contributed by atoms with Crippen molar-refractivity contribution in [1.82, 2.24) is 19.5 Å². The average Bonchev–Trinajstić information content (AvgIpc) is 3.13. The third-order valence-electron chi connectivity index (χ3n) is 7.98. The van der Waals surface area contributed by atoms with Gasteiger partial charge in [0.2, 0.25) is 11.8 Å². The molecule has 1 amide bonds. The Bertz CT molecular complexity index is 1160. The Morgan fingerprint density at radius 1 is 1.00 bits per heavy atom. The quantitative estimate of drug-likeness (QED) is 0.584. The predicted molar refractivity (Wildman–Crippen MR) is 124 cm³/mol. The standard InChI is InChI=1S/C26H29N5O2/c1-16-17(2)31(15-29-16)23-10-24(28-14-27-23)33-22-5-3-21(4-6-22)30-25(32)26-11-18-7-19(12-26)9-20(8-18)13-26/h3-6,10,14-15,18-20H,7-9,11-13H2,1-2H3,(H,30,32). The molecule has 1 N–H and O–H groups in total. The number of hydrogen-bond acceptors (Lipinski definition) is 5. The van der Waals surface area contributed by atoms with Crippen LogP contribution in [0.15, 0.2) is 43.0 Å². The number of carbonyl (C=O) groups is 1. The minimum Gasteiger partial charge on any atom is -0.439 e. The van der Waals surface area contributed by atoms with Gasteiger partial charge in [-0.05, 0) is 94.4 Å². The van der Waals surface area contributed by atoms with Gasteiger partial charge in [-0.15, -0.1) is 0 Å². The highest BCUT2D eigenvalue weighted by Crippen LogP contribution is 2.60. The summed E-state index contributed by atoms with van der Waals surface area (Å²) in [6, 6.07) is 9.32. The summed E-state index contributed by atoms with van der Waals surface area (Å²) in [4.78, 5) is 26.2. The molecule has 0 saturated heterocycles. The number of hydrogen-bond donors (Lipinski definition) is 1. The van der Waals surface area contributed by atoms with Gasteiger partial charge in [-0.25, -0.2) is 15.0 Å². The third-order valence-corrected chi connectivity index (χ3v) is 7.98. The third kappa shape index (κ3) is 3.69. The van der Waals surface area contributed by atoms with Crippen LogP contribution in [0.1, 0.15) is 49.9 Å². The van der Waals surface area contributed by atoms with Crippen LogP contribution < -0.4 is 10.1 Å². The lowest BCUT2D eigenvalue weighted by molar-refractivity contribution is -0.140. The molecule has 7 heteroatoms. The number of nitrogens with zero attached hydrogens (tertiary/aromatic N) is 4. The van der Waals surface area contributed by atoms with Crippen LogP contribution in [0, 0.1) is 37.0 Å². The van der Waals surface area contributed by atoms with Crippen LogP contribution in [0.2, 0.25) is 0 Å². The Hall–Kier alpha value is -3.22. The van der Waals surface area contributed by atoms with Crippen molar-refractivity contribution in [2.45, 2.75) is 52.4 Å². The van der Waals surface area contributed by atoms with Crippen molar-refractivity contribution in [1.29, 1.82) is 0 Å². The molecule has 33 heavy (non-hydrogen) atoms. The van der Waals surface area contributed by atoms with Gasteiger partial charge in [0.05, 0.1) is 11.1 Å². The molecule has 4 aliphatic carbocycles. The molecule has 0 aliphatic heterocycles. The second-order valence-corrected chi connectivity index (χ2v) is 10.3. The van der Waals surface area contributed by atoms with Crippen LogP contribution in [0.3, 0.4) is 0 Å². The van der Waals surface area contributed by atoms with E-state index in [0.717, 1.165) is 54.1 Å². The van der Waals surface area contributed by atoms with Crippen molar-refractivity contribution in [2.75, 3.05) is 5.32 Å². The zero-order valence-electron chi connectivity index (χ0n) is 19.1. The van der Waals surface area contributed by atoms with Gasteiger partial charge in [0, 0.05) is 17.4 Å². The van der Waals surface area contributed by atoms with Gasteiger partial charge in [-0.1, -0.05) is 0 Å². The van der Waals surface area contributed by atoms with E-state index in [0.29, 0.717) is 17.4 Å². The predicted octanol–water partition coefficient (Wildman–Crippen LogP) is 5.23. The lowest BCUT2D eigenvalue weighted by Crippen LogP contribution is -2.51. The number of amides is 1. The molecule has 2 heterocycles. The van der Waals surface area contributed by atoms with Crippen LogP contribution in [0.5, 0.6) is 11.6 Å². The van der Waals surface area contributed by atoms with E-state index in [4.69, 9.17) is 4.74 Å². The molecule has 4 fully saturated rings. The molecule has 7 rings (SSSR count). The van der Waals surface area contributed by atoms with Crippen LogP contribution in [0.25, 0.3) is 5.82 Å². The molecule has 4 saturated carbocycles. The summed E-state index contributed by atoms with van der Waals surface area (Å²) in [5.74, 6) is 4.29. The number of carbonyl (C=O) groups excluding carboxylic acids is 1. The fourth-order valence-corrected chi connectivity index (χ4v) is 6.63. The van der Waals surface area contributed by atoms with E-state index in [9.17, 15) is 4.79 Å².